The largest absolute Gasteiger partial charge is 0.377 e. The Balaban J connectivity index is 1.02. The number of benzene rings is 2. The van der Waals surface area contributed by atoms with Gasteiger partial charge in [-0.15, -0.1) is 0 Å². The first-order valence-electron chi connectivity index (χ1n) is 12.2. The fourth-order valence-corrected chi connectivity index (χ4v) is 4.25. The normalized spacial score (nSPS) is 25.8. The van der Waals surface area contributed by atoms with Crippen LogP contribution >= 0.6 is 0 Å². The van der Waals surface area contributed by atoms with Crippen LogP contribution in [0.2, 0.25) is 0 Å². The number of alkyl halides is 4. The van der Waals surface area contributed by atoms with E-state index in [0.29, 0.717) is 13.2 Å². The predicted octanol–water partition coefficient (Wildman–Crippen LogP) is 5.77. The highest BCUT2D eigenvalue weighted by atomic mass is 19.3. The van der Waals surface area contributed by atoms with E-state index >= 15 is 0 Å². The lowest BCUT2D eigenvalue weighted by Crippen LogP contribution is -2.04. The van der Waals surface area contributed by atoms with Crippen molar-refractivity contribution in [3.63, 3.8) is 0 Å². The second kappa shape index (κ2) is 12.3. The van der Waals surface area contributed by atoms with Gasteiger partial charge in [-0.05, 0) is 11.1 Å². The maximum absolute atomic E-state index is 13.9. The van der Waals surface area contributed by atoms with Gasteiger partial charge >= 0.3 is 0 Å². The van der Waals surface area contributed by atoms with Crippen LogP contribution in [-0.2, 0) is 32.2 Å². The lowest BCUT2D eigenvalue weighted by Gasteiger charge is -2.03. The summed E-state index contributed by atoms with van der Waals surface area (Å²) in [5.74, 6) is -8.93. The molecule has 0 heterocycles. The maximum atomic E-state index is 13.9. The van der Waals surface area contributed by atoms with E-state index in [1.54, 1.807) is 12.2 Å². The van der Waals surface area contributed by atoms with Gasteiger partial charge in [-0.1, -0.05) is 72.8 Å². The summed E-state index contributed by atoms with van der Waals surface area (Å²) in [4.78, 5) is 0. The third-order valence-electron chi connectivity index (χ3n) is 6.74. The molecule has 0 amide bonds. The van der Waals surface area contributed by atoms with Gasteiger partial charge in [0.15, 0.2) is 0 Å². The van der Waals surface area contributed by atoms with E-state index < -0.39 is 35.5 Å². The average Bonchev–Trinajstić information content (AvgIpc) is 3.62. The Hall–Kier alpha value is -2.26. The van der Waals surface area contributed by atoms with Gasteiger partial charge in [0.05, 0.1) is 76.5 Å². The highest BCUT2D eigenvalue weighted by Gasteiger charge is 2.68. The third-order valence-corrected chi connectivity index (χ3v) is 6.74. The molecule has 0 radical (unpaired) electrons. The summed E-state index contributed by atoms with van der Waals surface area (Å²) in [7, 11) is 0. The lowest BCUT2D eigenvalue weighted by atomic mass is 10.2. The van der Waals surface area contributed by atoms with Gasteiger partial charge in [0.1, 0.15) is 0 Å². The van der Waals surface area contributed by atoms with Crippen molar-refractivity contribution in [3.05, 3.63) is 83.9 Å². The maximum Gasteiger partial charge on any atom is 0.259 e. The highest BCUT2D eigenvalue weighted by Crippen LogP contribution is 2.56. The minimum atomic E-state index is -2.78. The molecule has 2 saturated carbocycles. The quantitative estimate of drug-likeness (QED) is 0.164. The smallest absolute Gasteiger partial charge is 0.259 e. The average molecular weight is 509 g/mol. The van der Waals surface area contributed by atoms with Crippen molar-refractivity contribution in [1.82, 2.24) is 0 Å². The Morgan fingerprint density at radius 3 is 1.22 bits per heavy atom. The van der Waals surface area contributed by atoms with Crippen molar-refractivity contribution in [2.24, 2.45) is 23.7 Å². The third kappa shape index (κ3) is 7.16. The zero-order valence-corrected chi connectivity index (χ0v) is 20.0. The van der Waals surface area contributed by atoms with E-state index in [1.807, 2.05) is 60.7 Å². The molecule has 0 bridgehead atoms. The van der Waals surface area contributed by atoms with Crippen LogP contribution in [0.15, 0.2) is 72.8 Å². The Morgan fingerprint density at radius 1 is 0.528 bits per heavy atom. The van der Waals surface area contributed by atoms with Crippen molar-refractivity contribution in [1.29, 1.82) is 0 Å². The minimum Gasteiger partial charge on any atom is -0.377 e. The molecule has 0 aliphatic heterocycles. The van der Waals surface area contributed by atoms with Crippen LogP contribution < -0.4 is 0 Å². The van der Waals surface area contributed by atoms with Gasteiger partial charge < -0.3 is 18.9 Å². The standard InChI is InChI=1S/C28H32F4O4/c29-27(30)23(25(27)19-35-15-21-9-3-1-4-10-21)17-33-13-7-8-14-34-18-24-26(28(24,31)32)20-36-16-22-11-5-2-6-12-22/h1-12,23-26H,13-20H2/b8-7-/t23-,24+,25+,26-. The molecular formula is C28H32F4O4. The molecule has 4 rings (SSSR count). The summed E-state index contributed by atoms with van der Waals surface area (Å²) in [6, 6.07) is 18.8. The first-order valence-corrected chi connectivity index (χ1v) is 12.2. The number of halogens is 4. The minimum absolute atomic E-state index is 0.0102. The van der Waals surface area contributed by atoms with E-state index in [1.165, 1.54) is 0 Å². The van der Waals surface area contributed by atoms with Gasteiger partial charge in [0, 0.05) is 0 Å². The van der Waals surface area contributed by atoms with Crippen molar-refractivity contribution in [2.45, 2.75) is 25.1 Å². The Bertz CT molecular complexity index is 877. The van der Waals surface area contributed by atoms with Gasteiger partial charge in [0.25, 0.3) is 11.8 Å². The second-order valence-electron chi connectivity index (χ2n) is 9.32. The highest BCUT2D eigenvalue weighted by molar-refractivity contribution is 5.14. The van der Waals surface area contributed by atoms with Gasteiger partial charge in [-0.25, -0.2) is 17.6 Å². The van der Waals surface area contributed by atoms with Crippen molar-refractivity contribution < 1.29 is 36.5 Å². The molecule has 196 valence electrons. The summed E-state index contributed by atoms with van der Waals surface area (Å²) >= 11 is 0. The number of hydrogen-bond acceptors (Lipinski definition) is 4. The van der Waals surface area contributed by atoms with E-state index in [0.717, 1.165) is 11.1 Å². The lowest BCUT2D eigenvalue weighted by molar-refractivity contribution is 0.0384. The van der Waals surface area contributed by atoms with Crippen LogP contribution in [0, 0.1) is 23.7 Å². The molecule has 4 atom stereocenters. The zero-order chi connectivity index (χ0) is 25.4. The number of ether oxygens (including phenoxy) is 4. The van der Waals surface area contributed by atoms with Crippen LogP contribution in [-0.4, -0.2) is 51.5 Å². The fourth-order valence-electron chi connectivity index (χ4n) is 4.25. The summed E-state index contributed by atoms with van der Waals surface area (Å²) < 4.78 is 77.3. The predicted molar refractivity (Wildman–Crippen MR) is 127 cm³/mol. The molecule has 2 aliphatic carbocycles. The molecule has 2 aromatic carbocycles. The molecule has 4 nitrogen and oxygen atoms in total. The van der Waals surface area contributed by atoms with Crippen LogP contribution in [0.1, 0.15) is 11.1 Å². The monoisotopic (exact) mass is 508 g/mol. The summed E-state index contributed by atoms with van der Waals surface area (Å²) in [6.07, 6.45) is 3.29. The van der Waals surface area contributed by atoms with E-state index in [-0.39, 0.29) is 39.6 Å². The SMILES string of the molecule is FC1(F)[C@H](COCc2ccccc2)[C@@H]1COC/C=C\COC[C@@H]1[C@H](COCc2ccccc2)C1(F)F. The van der Waals surface area contributed by atoms with Crippen molar-refractivity contribution >= 4 is 0 Å². The Kier molecular flexibility index (Phi) is 9.17. The van der Waals surface area contributed by atoms with Gasteiger partial charge in [-0.2, -0.15) is 0 Å². The second-order valence-corrected chi connectivity index (χ2v) is 9.32. The summed E-state index contributed by atoms with van der Waals surface area (Å²) in [5.41, 5.74) is 1.89. The Labute approximate surface area is 209 Å². The van der Waals surface area contributed by atoms with E-state index in [9.17, 15) is 17.6 Å². The molecule has 0 spiro atoms. The zero-order valence-electron chi connectivity index (χ0n) is 20.0. The van der Waals surface area contributed by atoms with Gasteiger partial charge in [-0.3, -0.25) is 0 Å². The molecule has 2 fully saturated rings. The Morgan fingerprint density at radius 2 is 0.861 bits per heavy atom. The fraction of sp³-hybridized carbons (Fsp3) is 0.500. The van der Waals surface area contributed by atoms with Crippen LogP contribution in [0.5, 0.6) is 0 Å². The van der Waals surface area contributed by atoms with Crippen LogP contribution in [0.4, 0.5) is 17.6 Å². The van der Waals surface area contributed by atoms with Gasteiger partial charge in [0.2, 0.25) is 0 Å². The summed E-state index contributed by atoms with van der Waals surface area (Å²) in [5, 5.41) is 0. The van der Waals surface area contributed by atoms with Crippen LogP contribution in [0.3, 0.4) is 0 Å². The van der Waals surface area contributed by atoms with E-state index in [2.05, 4.69) is 0 Å². The molecule has 0 N–H and O–H groups in total. The first kappa shape index (κ1) is 26.8. The molecule has 0 saturated heterocycles. The van der Waals surface area contributed by atoms with Crippen LogP contribution in [0.25, 0.3) is 0 Å². The summed E-state index contributed by atoms with van der Waals surface area (Å²) in [6.45, 7) is 0.780. The van der Waals surface area contributed by atoms with Crippen molar-refractivity contribution in [2.75, 3.05) is 39.6 Å². The molecular weight excluding hydrogens is 476 g/mol. The van der Waals surface area contributed by atoms with E-state index in [4.69, 9.17) is 18.9 Å². The molecule has 2 aromatic rings. The van der Waals surface area contributed by atoms with Crippen molar-refractivity contribution in [3.8, 4) is 0 Å². The molecule has 2 aliphatic rings. The molecule has 0 aromatic heterocycles. The molecule has 8 heteroatoms. The molecule has 36 heavy (non-hydrogen) atoms. The first-order chi connectivity index (χ1) is 17.4. The number of hydrogen-bond donors (Lipinski definition) is 0. The topological polar surface area (TPSA) is 36.9 Å². The molecule has 0 unspecified atom stereocenters. The number of rotatable bonds is 16.